The third kappa shape index (κ3) is 3.58. The second-order valence-electron chi connectivity index (χ2n) is 3.92. The van der Waals surface area contributed by atoms with Gasteiger partial charge in [-0.3, -0.25) is 0 Å². The Balaban J connectivity index is 2.08. The predicted octanol–water partition coefficient (Wildman–Crippen LogP) is 2.26. The van der Waals surface area contributed by atoms with Crippen LogP contribution in [0.15, 0.2) is 0 Å². The Morgan fingerprint density at radius 3 is 2.67 bits per heavy atom. The molecule has 2 saturated heterocycles. The molecule has 0 aromatic rings. The van der Waals surface area contributed by atoms with E-state index in [1.165, 1.54) is 0 Å². The van der Waals surface area contributed by atoms with Crippen LogP contribution in [-0.2, 0) is 18.7 Å². The molecule has 106 valence electrons. The second-order valence-corrected chi connectivity index (χ2v) is 21.4. The molecule has 5 nitrogen and oxygen atoms in total. The standard InChI is InChI=1S/C7H18O5P6/c1-9-5-4(8)3-2-10-7(11-3)6(5)12-17(16-13)18(14)15/h3-8,16H,2,13-15H2,1H3/t3?,4?,5-,6-,7?,17?/m0/s1. The van der Waals surface area contributed by atoms with Crippen LogP contribution in [0.4, 0.5) is 0 Å². The van der Waals surface area contributed by atoms with Gasteiger partial charge in [-0.05, 0) is 14.9 Å². The lowest BCUT2D eigenvalue weighted by Crippen LogP contribution is -2.55. The number of methoxy groups -OCH3 is 1. The van der Waals surface area contributed by atoms with Crippen molar-refractivity contribution in [3.8, 4) is 0 Å². The van der Waals surface area contributed by atoms with Crippen LogP contribution in [0.1, 0.15) is 0 Å². The quantitative estimate of drug-likeness (QED) is 0.755. The summed E-state index contributed by atoms with van der Waals surface area (Å²) < 4.78 is 22.6. The molecule has 0 aromatic carbocycles. The van der Waals surface area contributed by atoms with Crippen molar-refractivity contribution in [2.75, 3.05) is 13.7 Å². The maximum atomic E-state index is 10.1. The van der Waals surface area contributed by atoms with E-state index in [1.807, 2.05) is 0 Å². The van der Waals surface area contributed by atoms with Crippen molar-refractivity contribution >= 4 is 49.3 Å². The smallest absolute Gasteiger partial charge is 0.187 e. The van der Waals surface area contributed by atoms with Gasteiger partial charge in [0, 0.05) is 7.11 Å². The van der Waals surface area contributed by atoms with Crippen LogP contribution in [0.5, 0.6) is 0 Å². The highest BCUT2D eigenvalue weighted by atomic mass is 32.9. The summed E-state index contributed by atoms with van der Waals surface area (Å²) in [6, 6.07) is 0. The van der Waals surface area contributed by atoms with Crippen LogP contribution in [-0.4, -0.2) is 49.5 Å². The first-order valence-electron chi connectivity index (χ1n) is 5.29. The molecule has 2 fully saturated rings. The van der Waals surface area contributed by atoms with Crippen LogP contribution in [0, 0.1) is 0 Å². The van der Waals surface area contributed by atoms with E-state index in [1.54, 1.807) is 7.11 Å². The minimum absolute atomic E-state index is 0.294. The Morgan fingerprint density at radius 1 is 1.39 bits per heavy atom. The molecule has 0 saturated carbocycles. The molecule has 0 spiro atoms. The fourth-order valence-electron chi connectivity index (χ4n) is 2.00. The monoisotopic (exact) mass is 368 g/mol. The number of aliphatic hydroxyl groups excluding tert-OH is 1. The van der Waals surface area contributed by atoms with Crippen molar-refractivity contribution in [1.29, 1.82) is 0 Å². The summed E-state index contributed by atoms with van der Waals surface area (Å²) in [4.78, 5) is 0. The van der Waals surface area contributed by atoms with Crippen molar-refractivity contribution in [3.63, 3.8) is 0 Å². The first-order chi connectivity index (χ1) is 8.58. The molecule has 2 heterocycles. The van der Waals surface area contributed by atoms with E-state index in [0.29, 0.717) is 14.6 Å². The van der Waals surface area contributed by atoms with E-state index in [-0.39, 0.29) is 25.3 Å². The molecule has 0 aliphatic carbocycles. The number of hydrogen-bond donors (Lipinski definition) is 1. The number of ether oxygens (including phenoxy) is 3. The lowest BCUT2D eigenvalue weighted by atomic mass is 10.0. The van der Waals surface area contributed by atoms with Gasteiger partial charge in [0.25, 0.3) is 0 Å². The summed E-state index contributed by atoms with van der Waals surface area (Å²) >= 11 is 0. The summed E-state index contributed by atoms with van der Waals surface area (Å²) in [6.07, 6.45) is -2.14. The van der Waals surface area contributed by atoms with E-state index >= 15 is 0 Å². The first kappa shape index (κ1) is 16.7. The van der Waals surface area contributed by atoms with Gasteiger partial charge in [0.15, 0.2) is 6.29 Å². The lowest BCUT2D eigenvalue weighted by molar-refractivity contribution is -0.225. The van der Waals surface area contributed by atoms with E-state index < -0.39 is 19.9 Å². The molecule has 10 atom stereocenters. The van der Waals surface area contributed by atoms with Crippen molar-refractivity contribution in [2.45, 2.75) is 30.7 Å². The van der Waals surface area contributed by atoms with Crippen LogP contribution in [0.3, 0.4) is 0 Å². The van der Waals surface area contributed by atoms with E-state index in [9.17, 15) is 5.11 Å². The largest absolute Gasteiger partial charge is 0.387 e. The summed E-state index contributed by atoms with van der Waals surface area (Å²) in [5, 5.41) is 10.1. The molecule has 2 aliphatic rings. The number of aliphatic hydroxyl groups is 1. The highest BCUT2D eigenvalue weighted by molar-refractivity contribution is 8.86. The third-order valence-corrected chi connectivity index (χ3v) is 21.6. The molecule has 8 unspecified atom stereocenters. The normalized spacial score (nSPS) is 42.0. The summed E-state index contributed by atoms with van der Waals surface area (Å²) in [6.45, 7) is 0.0874. The maximum Gasteiger partial charge on any atom is 0.187 e. The van der Waals surface area contributed by atoms with E-state index in [0.717, 1.165) is 0 Å². The number of fused-ring (bicyclic) bond motifs is 2. The zero-order valence-electron chi connectivity index (χ0n) is 9.80. The Kier molecular flexibility index (Phi) is 7.06. The zero-order valence-corrected chi connectivity index (χ0v) is 16.1. The van der Waals surface area contributed by atoms with Gasteiger partial charge in [0.1, 0.15) is 24.4 Å². The van der Waals surface area contributed by atoms with Crippen LogP contribution in [0.2, 0.25) is 0 Å². The highest BCUT2D eigenvalue weighted by Crippen LogP contribution is 2.89. The van der Waals surface area contributed by atoms with Crippen LogP contribution in [0.25, 0.3) is 0 Å². The molecule has 2 aliphatic heterocycles. The highest BCUT2D eigenvalue weighted by Gasteiger charge is 2.52. The average Bonchev–Trinajstić information content (AvgIpc) is 2.78. The number of hydrogen-bond acceptors (Lipinski definition) is 5. The predicted molar refractivity (Wildman–Crippen MR) is 87.6 cm³/mol. The van der Waals surface area contributed by atoms with E-state index in [2.05, 4.69) is 26.8 Å². The Hall–Kier alpha value is 2.38. The van der Waals surface area contributed by atoms with Gasteiger partial charge in [-0.2, -0.15) is 0 Å². The molecule has 0 aromatic heterocycles. The minimum Gasteiger partial charge on any atom is -0.387 e. The molecule has 18 heavy (non-hydrogen) atoms. The minimum atomic E-state index is -0.691. The zero-order chi connectivity index (χ0) is 13.3. The Bertz CT molecular complexity index is 283. The third-order valence-electron chi connectivity index (χ3n) is 2.86. The van der Waals surface area contributed by atoms with Gasteiger partial charge in [-0.1, -0.05) is 0 Å². The average molecular weight is 368 g/mol. The lowest BCUT2D eigenvalue weighted by Gasteiger charge is -2.39. The fourth-order valence-corrected chi connectivity index (χ4v) is 21.5. The Labute approximate surface area is 118 Å². The molecule has 0 radical (unpaired) electrons. The molecule has 0 amide bonds. The van der Waals surface area contributed by atoms with Gasteiger partial charge >= 0.3 is 0 Å². The summed E-state index contributed by atoms with van der Waals surface area (Å²) in [5.41, 5.74) is 0. The van der Waals surface area contributed by atoms with Gasteiger partial charge < -0.3 is 23.8 Å². The van der Waals surface area contributed by atoms with Crippen molar-refractivity contribution < 1.29 is 23.8 Å². The first-order valence-corrected chi connectivity index (χ1v) is 15.5. The second kappa shape index (κ2) is 7.58. The van der Waals surface area contributed by atoms with Crippen LogP contribution < -0.4 is 0 Å². The summed E-state index contributed by atoms with van der Waals surface area (Å²) in [7, 11) is 9.98. The van der Waals surface area contributed by atoms with Crippen molar-refractivity contribution in [1.82, 2.24) is 0 Å². The van der Waals surface area contributed by atoms with E-state index in [4.69, 9.17) is 18.7 Å². The molecular weight excluding hydrogens is 350 g/mol. The maximum absolute atomic E-state index is 10.1. The van der Waals surface area contributed by atoms with Gasteiger partial charge in [0.05, 0.1) is 14.1 Å². The SMILES string of the molecule is CO[C@H]1C(O)C2COC(O2)[C@H]1OP(PP)P(P)P. The fraction of sp³-hybridized carbons (Fsp3) is 1.00. The van der Waals surface area contributed by atoms with Crippen LogP contribution >= 0.6 is 49.3 Å². The Morgan fingerprint density at radius 2 is 2.11 bits per heavy atom. The van der Waals surface area contributed by atoms with Gasteiger partial charge in [-0.25, -0.2) is 0 Å². The topological polar surface area (TPSA) is 57.2 Å². The molecule has 1 N–H and O–H groups in total. The van der Waals surface area contributed by atoms with Gasteiger partial charge in [0.2, 0.25) is 0 Å². The number of rotatable bonds is 5. The van der Waals surface area contributed by atoms with Crippen molar-refractivity contribution in [3.05, 3.63) is 0 Å². The van der Waals surface area contributed by atoms with Gasteiger partial charge in [-0.15, -0.1) is 26.8 Å². The van der Waals surface area contributed by atoms with Crippen molar-refractivity contribution in [2.24, 2.45) is 0 Å². The molecule has 2 rings (SSSR count). The summed E-state index contributed by atoms with van der Waals surface area (Å²) in [5.74, 6) is 0. The molecular formula is C7H18O5P6. The molecule has 11 heteroatoms. The molecule has 2 bridgehead atoms.